The third kappa shape index (κ3) is 5.48. The number of carbonyl (C=O) groups is 2. The van der Waals surface area contributed by atoms with Crippen LogP contribution in [0.25, 0.3) is 0 Å². The van der Waals surface area contributed by atoms with Crippen LogP contribution >= 0.6 is 0 Å². The van der Waals surface area contributed by atoms with Crippen LogP contribution in [0.4, 0.5) is 0 Å². The fraction of sp³-hybridized carbons (Fsp3) is 0.462. The van der Waals surface area contributed by atoms with E-state index in [4.69, 9.17) is 37.9 Å². The van der Waals surface area contributed by atoms with Crippen LogP contribution in [-0.4, -0.2) is 74.2 Å². The number of aliphatic carboxylic acids is 1. The first kappa shape index (κ1) is 26.0. The summed E-state index contributed by atoms with van der Waals surface area (Å²) in [4.78, 5) is 23.9. The zero-order chi connectivity index (χ0) is 26.8. The molecule has 0 radical (unpaired) electrons. The minimum Gasteiger partial charge on any atom is -0.497 e. The molecule has 7 unspecified atom stereocenters. The largest absolute Gasteiger partial charge is 0.497 e. The summed E-state index contributed by atoms with van der Waals surface area (Å²) in [5.74, 6) is 0.607. The number of methoxy groups -OCH3 is 1. The lowest BCUT2D eigenvalue weighted by Crippen LogP contribution is -2.68. The van der Waals surface area contributed by atoms with Gasteiger partial charge in [-0.3, -0.25) is 4.79 Å². The molecule has 3 aliphatic heterocycles. The molecule has 0 aliphatic carbocycles. The summed E-state index contributed by atoms with van der Waals surface area (Å²) in [7, 11) is 1.57. The van der Waals surface area contributed by atoms with Crippen molar-refractivity contribution in [2.75, 3.05) is 20.5 Å². The molecule has 2 fully saturated rings. The summed E-state index contributed by atoms with van der Waals surface area (Å²) in [6.45, 7) is 2.96. The van der Waals surface area contributed by atoms with E-state index in [0.29, 0.717) is 23.0 Å². The van der Waals surface area contributed by atoms with Crippen molar-refractivity contribution in [3.8, 4) is 23.0 Å². The van der Waals surface area contributed by atoms with Crippen molar-refractivity contribution in [1.29, 1.82) is 0 Å². The molecule has 38 heavy (non-hydrogen) atoms. The van der Waals surface area contributed by atoms with Crippen LogP contribution in [0, 0.1) is 0 Å². The second kappa shape index (κ2) is 11.0. The van der Waals surface area contributed by atoms with Crippen LogP contribution in [0.5, 0.6) is 23.0 Å². The molecule has 0 spiro atoms. The first-order valence-corrected chi connectivity index (χ1v) is 12.1. The molecular weight excluding hydrogens is 502 g/mol. The zero-order valence-electron chi connectivity index (χ0n) is 21.0. The molecule has 0 bridgehead atoms. The fourth-order valence-corrected chi connectivity index (χ4v) is 4.53. The molecule has 0 aromatic heterocycles. The van der Waals surface area contributed by atoms with Gasteiger partial charge in [-0.1, -0.05) is 12.1 Å². The Balaban J connectivity index is 1.43. The van der Waals surface area contributed by atoms with Crippen molar-refractivity contribution in [3.63, 3.8) is 0 Å². The van der Waals surface area contributed by atoms with Crippen LogP contribution in [0.15, 0.2) is 42.5 Å². The molecule has 3 heterocycles. The van der Waals surface area contributed by atoms with Crippen LogP contribution < -0.4 is 24.3 Å². The lowest BCUT2D eigenvalue weighted by atomic mass is 9.95. The van der Waals surface area contributed by atoms with Crippen LogP contribution in [-0.2, 0) is 28.5 Å². The molecule has 12 nitrogen and oxygen atoms in total. The highest BCUT2D eigenvalue weighted by molar-refractivity contribution is 5.73. The average molecular weight is 532 g/mol. The Bertz CT molecular complexity index is 1160. The number of hydrogen-bond donors (Lipinski definition) is 2. The number of ether oxygens (including phenoxy) is 8. The van der Waals surface area contributed by atoms with E-state index in [1.54, 1.807) is 49.6 Å². The van der Waals surface area contributed by atoms with E-state index < -0.39 is 49.0 Å². The first-order chi connectivity index (χ1) is 18.3. The summed E-state index contributed by atoms with van der Waals surface area (Å²) in [5.41, 5.74) is 0.726. The van der Waals surface area contributed by atoms with Crippen molar-refractivity contribution in [2.45, 2.75) is 56.9 Å². The Kier molecular flexibility index (Phi) is 7.56. The van der Waals surface area contributed by atoms with Crippen molar-refractivity contribution in [3.05, 3.63) is 48.0 Å². The van der Waals surface area contributed by atoms with Crippen LogP contribution in [0.1, 0.15) is 25.7 Å². The summed E-state index contributed by atoms with van der Waals surface area (Å²) < 4.78 is 46.5. The monoisotopic (exact) mass is 531 g/mol. The molecule has 2 saturated heterocycles. The van der Waals surface area contributed by atoms with Crippen molar-refractivity contribution < 1.29 is 52.6 Å². The lowest BCUT2D eigenvalue weighted by molar-refractivity contribution is -0.340. The number of benzene rings is 2. The van der Waals surface area contributed by atoms with E-state index in [1.807, 2.05) is 0 Å². The van der Waals surface area contributed by atoms with Crippen LogP contribution in [0.2, 0.25) is 0 Å². The van der Waals surface area contributed by atoms with Gasteiger partial charge in [-0.15, -0.1) is 0 Å². The first-order valence-electron chi connectivity index (χ1n) is 12.1. The Morgan fingerprint density at radius 3 is 2.50 bits per heavy atom. The van der Waals surface area contributed by atoms with Gasteiger partial charge in [0.25, 0.3) is 0 Å². The maximum Gasteiger partial charge on any atom is 0.332 e. The number of carboxylic acid groups (broad SMARTS) is 1. The molecule has 3 aliphatic rings. The molecule has 12 heteroatoms. The average Bonchev–Trinajstić information content (AvgIpc) is 3.38. The molecule has 0 saturated carbocycles. The van der Waals surface area contributed by atoms with Gasteiger partial charge in [-0.2, -0.15) is 0 Å². The summed E-state index contributed by atoms with van der Waals surface area (Å²) in [5, 5.41) is 12.4. The fourth-order valence-electron chi connectivity index (χ4n) is 4.53. The number of rotatable bonds is 8. The molecular formula is C26H29NO11. The summed E-state index contributed by atoms with van der Waals surface area (Å²) >= 11 is 0. The van der Waals surface area contributed by atoms with Crippen molar-refractivity contribution >= 4 is 11.9 Å². The van der Waals surface area contributed by atoms with Gasteiger partial charge in [0.05, 0.1) is 13.7 Å². The van der Waals surface area contributed by atoms with E-state index in [2.05, 4.69) is 5.32 Å². The second-order valence-corrected chi connectivity index (χ2v) is 9.02. The Morgan fingerprint density at radius 1 is 1.05 bits per heavy atom. The van der Waals surface area contributed by atoms with Crippen molar-refractivity contribution in [1.82, 2.24) is 5.32 Å². The quantitative estimate of drug-likeness (QED) is 0.517. The number of nitrogens with one attached hydrogen (secondary N) is 1. The summed E-state index contributed by atoms with van der Waals surface area (Å²) in [6.07, 6.45) is -5.46. The molecule has 2 N–H and O–H groups in total. The molecule has 204 valence electrons. The number of carbonyl (C=O) groups excluding carboxylic acids is 1. The normalized spacial score (nSPS) is 28.6. The van der Waals surface area contributed by atoms with E-state index in [1.165, 1.54) is 13.8 Å². The van der Waals surface area contributed by atoms with E-state index >= 15 is 0 Å². The van der Waals surface area contributed by atoms with Gasteiger partial charge in [0.1, 0.15) is 35.9 Å². The molecule has 2 aromatic rings. The Hall–Kier alpha value is -3.58. The minimum absolute atomic E-state index is 0.101. The third-order valence-electron chi connectivity index (χ3n) is 6.40. The minimum atomic E-state index is -1.20. The Morgan fingerprint density at radius 2 is 1.79 bits per heavy atom. The topological polar surface area (TPSA) is 140 Å². The zero-order valence-corrected chi connectivity index (χ0v) is 21.0. The number of amides is 1. The maximum absolute atomic E-state index is 12.2. The third-order valence-corrected chi connectivity index (χ3v) is 6.40. The van der Waals surface area contributed by atoms with Gasteiger partial charge in [-0.05, 0) is 31.2 Å². The van der Waals surface area contributed by atoms with Crippen molar-refractivity contribution in [2.24, 2.45) is 0 Å². The van der Waals surface area contributed by atoms with Gasteiger partial charge in [0, 0.05) is 18.6 Å². The number of hydrogen-bond acceptors (Lipinski definition) is 10. The number of fused-ring (bicyclic) bond motifs is 2. The number of carboxylic acids is 1. The van der Waals surface area contributed by atoms with Gasteiger partial charge in [-0.25, -0.2) is 4.79 Å². The highest BCUT2D eigenvalue weighted by atomic mass is 16.8. The smallest absolute Gasteiger partial charge is 0.332 e. The van der Waals surface area contributed by atoms with E-state index in [0.717, 1.165) is 5.56 Å². The Labute approximate surface area is 218 Å². The molecule has 1 amide bonds. The van der Waals surface area contributed by atoms with Gasteiger partial charge in [0.15, 0.2) is 23.9 Å². The SMILES string of the molecule is COc1ccc(C2OCC3OC(Oc4ccc5c(c4)OCO5)C(NC(C)=O)C(OC(C)C(=O)O)C3O2)cc1. The maximum atomic E-state index is 12.2. The second-order valence-electron chi connectivity index (χ2n) is 9.02. The molecule has 2 aromatic carbocycles. The standard InChI is InChI=1S/C26H29NO11/c1-13(24(29)30)35-23-21(27-14(2)28)26(36-17-8-9-18-19(10-17)34-12-33-18)37-20-11-32-25(38-22(20)23)15-4-6-16(31-3)7-5-15/h4-10,13,20-23,25-26H,11-12H2,1-3H3,(H,27,28)(H,29,30). The highest BCUT2D eigenvalue weighted by Crippen LogP contribution is 2.39. The molecule has 7 atom stereocenters. The predicted octanol–water partition coefficient (Wildman–Crippen LogP) is 2.00. The van der Waals surface area contributed by atoms with Gasteiger partial charge < -0.3 is 48.3 Å². The van der Waals surface area contributed by atoms with Gasteiger partial charge in [0.2, 0.25) is 19.0 Å². The highest BCUT2D eigenvalue weighted by Gasteiger charge is 2.53. The van der Waals surface area contributed by atoms with E-state index in [9.17, 15) is 14.7 Å². The lowest BCUT2D eigenvalue weighted by Gasteiger charge is -2.49. The van der Waals surface area contributed by atoms with E-state index in [-0.39, 0.29) is 19.3 Å². The molecule has 5 rings (SSSR count). The van der Waals surface area contributed by atoms with Gasteiger partial charge >= 0.3 is 5.97 Å². The van der Waals surface area contributed by atoms with Crippen LogP contribution in [0.3, 0.4) is 0 Å². The summed E-state index contributed by atoms with van der Waals surface area (Å²) in [6, 6.07) is 11.3. The predicted molar refractivity (Wildman–Crippen MR) is 128 cm³/mol.